The van der Waals surface area contributed by atoms with E-state index in [1.807, 2.05) is 47.1 Å². The first kappa shape index (κ1) is 17.5. The lowest BCUT2D eigenvalue weighted by Gasteiger charge is -2.32. The van der Waals surface area contributed by atoms with E-state index in [9.17, 15) is 4.79 Å². The maximum absolute atomic E-state index is 12.4. The number of hydrogen-bond donors (Lipinski definition) is 1. The Bertz CT molecular complexity index is 852. The second-order valence-corrected chi connectivity index (χ2v) is 6.87. The Labute approximate surface area is 158 Å². The first-order valence-corrected chi connectivity index (χ1v) is 9.27. The molecular formula is C20H23N5O2. The number of carbonyl (C=O) groups is 1. The van der Waals surface area contributed by atoms with Gasteiger partial charge in [0.25, 0.3) is 0 Å². The van der Waals surface area contributed by atoms with E-state index in [-0.39, 0.29) is 5.91 Å². The topological polar surface area (TPSA) is 76.2 Å². The molecule has 1 fully saturated rings. The largest absolute Gasteiger partial charge is 0.364 e. The van der Waals surface area contributed by atoms with Crippen molar-refractivity contribution in [2.45, 2.75) is 31.8 Å². The summed E-state index contributed by atoms with van der Waals surface area (Å²) in [4.78, 5) is 14.7. The van der Waals surface area contributed by atoms with Crippen molar-refractivity contribution < 1.29 is 9.32 Å². The molecule has 7 heteroatoms. The number of rotatable bonds is 6. The summed E-state index contributed by atoms with van der Waals surface area (Å²) in [5.41, 5.74) is 1.96. The van der Waals surface area contributed by atoms with Gasteiger partial charge in [-0.2, -0.15) is 5.10 Å². The predicted molar refractivity (Wildman–Crippen MR) is 101 cm³/mol. The van der Waals surface area contributed by atoms with E-state index in [2.05, 4.69) is 20.5 Å². The summed E-state index contributed by atoms with van der Waals surface area (Å²) in [6.07, 6.45) is 5.69. The Balaban J connectivity index is 1.33. The van der Waals surface area contributed by atoms with Gasteiger partial charge in [-0.05, 0) is 18.4 Å². The first-order chi connectivity index (χ1) is 13.3. The monoisotopic (exact) mass is 365 g/mol. The molecule has 0 unspecified atom stereocenters. The lowest BCUT2D eigenvalue weighted by Crippen LogP contribution is -2.35. The van der Waals surface area contributed by atoms with Gasteiger partial charge in [0.1, 0.15) is 12.1 Å². The van der Waals surface area contributed by atoms with E-state index in [1.165, 1.54) is 0 Å². The summed E-state index contributed by atoms with van der Waals surface area (Å²) in [7, 11) is 0. The fourth-order valence-electron chi connectivity index (χ4n) is 3.54. The second kappa shape index (κ2) is 8.18. The average molecular weight is 365 g/mol. The van der Waals surface area contributed by atoms with Crippen molar-refractivity contribution in [3.05, 3.63) is 66.2 Å². The number of anilines is 1. The van der Waals surface area contributed by atoms with Gasteiger partial charge in [0.15, 0.2) is 0 Å². The van der Waals surface area contributed by atoms with Crippen LogP contribution in [0.1, 0.15) is 30.1 Å². The number of nitrogens with zero attached hydrogens (tertiary/aromatic N) is 4. The zero-order valence-electron chi connectivity index (χ0n) is 15.1. The molecule has 27 heavy (non-hydrogen) atoms. The van der Waals surface area contributed by atoms with Crippen LogP contribution in [0, 0.1) is 0 Å². The highest BCUT2D eigenvalue weighted by Gasteiger charge is 2.23. The molecule has 1 aromatic carbocycles. The summed E-state index contributed by atoms with van der Waals surface area (Å²) in [5, 5.41) is 11.4. The van der Waals surface area contributed by atoms with Crippen LogP contribution in [0.2, 0.25) is 0 Å². The summed E-state index contributed by atoms with van der Waals surface area (Å²) >= 11 is 0. The lowest BCUT2D eigenvalue weighted by atomic mass is 10.1. The van der Waals surface area contributed by atoms with Crippen molar-refractivity contribution in [2.24, 2.45) is 0 Å². The summed E-state index contributed by atoms with van der Waals surface area (Å²) < 4.78 is 6.86. The Morgan fingerprint density at radius 1 is 1.15 bits per heavy atom. The second-order valence-electron chi connectivity index (χ2n) is 6.87. The minimum atomic E-state index is -0.0218. The number of carbonyl (C=O) groups excluding carboxylic acids is 1. The molecule has 7 nitrogen and oxygen atoms in total. The van der Waals surface area contributed by atoms with E-state index < -0.39 is 0 Å². The third kappa shape index (κ3) is 4.43. The molecule has 0 aliphatic carbocycles. The van der Waals surface area contributed by atoms with Gasteiger partial charge in [-0.1, -0.05) is 35.5 Å². The van der Waals surface area contributed by atoms with Gasteiger partial charge in [0, 0.05) is 31.8 Å². The van der Waals surface area contributed by atoms with Crippen molar-refractivity contribution in [1.82, 2.24) is 19.8 Å². The van der Waals surface area contributed by atoms with Crippen LogP contribution in [0.3, 0.4) is 0 Å². The van der Waals surface area contributed by atoms with Crippen LogP contribution in [0.25, 0.3) is 0 Å². The standard InChI is InChI=1S/C20H23N5O2/c26-20(14-16-4-2-1-3-5-16)22-19-6-10-21-25(19)18-7-11-24(12-8-18)15-17-9-13-27-23-17/h1-6,9-10,13,18H,7-8,11-12,14-15H2,(H,22,26). The van der Waals surface area contributed by atoms with Gasteiger partial charge >= 0.3 is 0 Å². The first-order valence-electron chi connectivity index (χ1n) is 9.27. The molecule has 1 aliphatic heterocycles. The highest BCUT2D eigenvalue weighted by Crippen LogP contribution is 2.26. The minimum Gasteiger partial charge on any atom is -0.364 e. The normalized spacial score (nSPS) is 15.7. The highest BCUT2D eigenvalue weighted by atomic mass is 16.5. The van der Waals surface area contributed by atoms with Crippen molar-refractivity contribution in [3.8, 4) is 0 Å². The van der Waals surface area contributed by atoms with Crippen molar-refractivity contribution in [2.75, 3.05) is 18.4 Å². The number of hydrogen-bond acceptors (Lipinski definition) is 5. The van der Waals surface area contributed by atoms with Crippen LogP contribution in [-0.2, 0) is 17.8 Å². The van der Waals surface area contributed by atoms with E-state index in [4.69, 9.17) is 4.52 Å². The van der Waals surface area contributed by atoms with Crippen LogP contribution in [0.5, 0.6) is 0 Å². The number of likely N-dealkylation sites (tertiary alicyclic amines) is 1. The van der Waals surface area contributed by atoms with E-state index >= 15 is 0 Å². The van der Waals surface area contributed by atoms with Gasteiger partial charge in [-0.3, -0.25) is 9.69 Å². The molecule has 1 N–H and O–H groups in total. The molecular weight excluding hydrogens is 342 g/mol. The number of piperidine rings is 1. The third-order valence-corrected chi connectivity index (χ3v) is 4.93. The van der Waals surface area contributed by atoms with Crippen LogP contribution >= 0.6 is 0 Å². The van der Waals surface area contributed by atoms with E-state index in [0.717, 1.165) is 49.6 Å². The number of amides is 1. The Morgan fingerprint density at radius 3 is 2.70 bits per heavy atom. The third-order valence-electron chi connectivity index (χ3n) is 4.93. The van der Waals surface area contributed by atoms with Gasteiger partial charge in [-0.25, -0.2) is 4.68 Å². The number of aromatic nitrogens is 3. The fourth-order valence-corrected chi connectivity index (χ4v) is 3.54. The molecule has 0 bridgehead atoms. The molecule has 0 atom stereocenters. The zero-order valence-corrected chi connectivity index (χ0v) is 15.1. The molecule has 1 saturated heterocycles. The summed E-state index contributed by atoms with van der Waals surface area (Å²) in [6.45, 7) is 2.74. The van der Waals surface area contributed by atoms with Crippen LogP contribution in [0.15, 0.2) is 59.4 Å². The molecule has 3 aromatic rings. The Kier molecular flexibility index (Phi) is 5.29. The number of benzene rings is 1. The SMILES string of the molecule is O=C(Cc1ccccc1)Nc1ccnn1C1CCN(Cc2ccon2)CC1. The molecule has 1 aliphatic rings. The highest BCUT2D eigenvalue weighted by molar-refractivity contribution is 5.91. The molecule has 0 saturated carbocycles. The van der Waals surface area contributed by atoms with Crippen LogP contribution in [-0.4, -0.2) is 38.8 Å². The average Bonchev–Trinajstić information content (AvgIpc) is 3.35. The van der Waals surface area contributed by atoms with Crippen molar-refractivity contribution >= 4 is 11.7 Å². The van der Waals surface area contributed by atoms with E-state index in [1.54, 1.807) is 12.5 Å². The smallest absolute Gasteiger partial charge is 0.229 e. The van der Waals surface area contributed by atoms with Crippen molar-refractivity contribution in [3.63, 3.8) is 0 Å². The summed E-state index contributed by atoms with van der Waals surface area (Å²) in [5.74, 6) is 0.748. The molecule has 3 heterocycles. The maximum atomic E-state index is 12.4. The zero-order chi connectivity index (χ0) is 18.5. The van der Waals surface area contributed by atoms with Crippen molar-refractivity contribution in [1.29, 1.82) is 0 Å². The van der Waals surface area contributed by atoms with Gasteiger partial charge in [0.2, 0.25) is 5.91 Å². The van der Waals surface area contributed by atoms with Gasteiger partial charge < -0.3 is 9.84 Å². The quantitative estimate of drug-likeness (QED) is 0.727. The van der Waals surface area contributed by atoms with Gasteiger partial charge in [0.05, 0.1) is 24.4 Å². The molecule has 1 amide bonds. The molecule has 0 spiro atoms. The van der Waals surface area contributed by atoms with E-state index in [0.29, 0.717) is 12.5 Å². The fraction of sp³-hybridized carbons (Fsp3) is 0.350. The van der Waals surface area contributed by atoms with Crippen LogP contribution in [0.4, 0.5) is 5.82 Å². The molecule has 140 valence electrons. The molecule has 4 rings (SSSR count). The lowest BCUT2D eigenvalue weighted by molar-refractivity contribution is -0.115. The maximum Gasteiger partial charge on any atom is 0.229 e. The Morgan fingerprint density at radius 2 is 1.96 bits per heavy atom. The predicted octanol–water partition coefficient (Wildman–Crippen LogP) is 2.89. The Hall–Kier alpha value is -2.93. The minimum absolute atomic E-state index is 0.0218. The molecule has 2 aromatic heterocycles. The number of nitrogens with one attached hydrogen (secondary N) is 1. The van der Waals surface area contributed by atoms with Gasteiger partial charge in [-0.15, -0.1) is 0 Å². The molecule has 0 radical (unpaired) electrons. The summed E-state index contributed by atoms with van der Waals surface area (Å²) in [6, 6.07) is 13.8. The van der Waals surface area contributed by atoms with Crippen LogP contribution < -0.4 is 5.32 Å².